The molecule has 0 rings (SSSR count). The van der Waals surface area contributed by atoms with Gasteiger partial charge in [-0.2, -0.15) is 11.8 Å². The Morgan fingerprint density at radius 3 is 2.21 bits per heavy atom. The van der Waals surface area contributed by atoms with Crippen LogP contribution < -0.4 is 5.32 Å². The molecule has 114 valence electrons. The van der Waals surface area contributed by atoms with E-state index in [-0.39, 0.29) is 12.0 Å². The molecule has 0 fully saturated rings. The van der Waals surface area contributed by atoms with E-state index in [4.69, 9.17) is 4.74 Å². The van der Waals surface area contributed by atoms with Gasteiger partial charge in [0.15, 0.2) is 0 Å². The molecule has 0 aromatic carbocycles. The zero-order valence-corrected chi connectivity index (χ0v) is 14.4. The molecule has 0 saturated heterocycles. The quantitative estimate of drug-likeness (QED) is 0.658. The van der Waals surface area contributed by atoms with Crippen LogP contribution in [0.3, 0.4) is 0 Å². The lowest BCUT2D eigenvalue weighted by atomic mass is 9.95. The normalized spacial score (nSPS) is 17.9. The highest BCUT2D eigenvalue weighted by atomic mass is 32.2. The highest BCUT2D eigenvalue weighted by molar-refractivity contribution is 8.00. The predicted octanol–water partition coefficient (Wildman–Crippen LogP) is 3.62. The minimum Gasteiger partial charge on any atom is -0.465 e. The van der Waals surface area contributed by atoms with Gasteiger partial charge in [-0.1, -0.05) is 20.8 Å². The molecule has 0 radical (unpaired) electrons. The Morgan fingerprint density at radius 2 is 1.79 bits per heavy atom. The molecule has 0 aliphatic heterocycles. The van der Waals surface area contributed by atoms with E-state index in [9.17, 15) is 4.79 Å². The van der Waals surface area contributed by atoms with Crippen molar-refractivity contribution in [2.75, 3.05) is 6.61 Å². The Kier molecular flexibility index (Phi) is 8.75. The molecule has 0 aliphatic rings. The molecular formula is C15H31NO2S. The summed E-state index contributed by atoms with van der Waals surface area (Å²) in [5.41, 5.74) is -0.593. The fourth-order valence-electron chi connectivity index (χ4n) is 2.24. The van der Waals surface area contributed by atoms with Crippen LogP contribution in [0.15, 0.2) is 0 Å². The maximum absolute atomic E-state index is 12.2. The minimum atomic E-state index is -0.593. The summed E-state index contributed by atoms with van der Waals surface area (Å²) in [6.45, 7) is 15.0. The van der Waals surface area contributed by atoms with Crippen molar-refractivity contribution in [3.63, 3.8) is 0 Å². The maximum atomic E-state index is 12.2. The first kappa shape index (κ1) is 18.8. The molecular weight excluding hydrogens is 258 g/mol. The summed E-state index contributed by atoms with van der Waals surface area (Å²) in [7, 11) is 0. The number of carbonyl (C=O) groups excluding carboxylic acids is 1. The number of thioether (sulfide) groups is 1. The van der Waals surface area contributed by atoms with Crippen LogP contribution in [0, 0.1) is 0 Å². The fraction of sp³-hybridized carbons (Fsp3) is 0.933. The van der Waals surface area contributed by atoms with E-state index in [1.165, 1.54) is 0 Å². The molecule has 0 amide bonds. The molecule has 0 aliphatic carbocycles. The summed E-state index contributed by atoms with van der Waals surface area (Å²) in [5, 5.41) is 4.43. The number of hydrogen-bond donors (Lipinski definition) is 1. The van der Waals surface area contributed by atoms with Crippen LogP contribution in [-0.4, -0.2) is 34.7 Å². The highest BCUT2D eigenvalue weighted by Crippen LogP contribution is 2.27. The van der Waals surface area contributed by atoms with Gasteiger partial charge in [0.1, 0.15) is 5.54 Å². The van der Waals surface area contributed by atoms with Gasteiger partial charge in [-0.15, -0.1) is 0 Å². The van der Waals surface area contributed by atoms with Gasteiger partial charge in [0.05, 0.1) is 6.61 Å². The second kappa shape index (κ2) is 8.85. The van der Waals surface area contributed by atoms with Gasteiger partial charge in [-0.25, -0.2) is 0 Å². The first-order chi connectivity index (χ1) is 8.75. The Labute approximate surface area is 123 Å². The van der Waals surface area contributed by atoms with Crippen LogP contribution in [0.4, 0.5) is 0 Å². The lowest BCUT2D eigenvalue weighted by molar-refractivity contribution is -0.151. The Bertz CT molecular complexity index is 271. The zero-order valence-electron chi connectivity index (χ0n) is 13.6. The van der Waals surface area contributed by atoms with E-state index in [0.717, 1.165) is 12.8 Å². The van der Waals surface area contributed by atoms with E-state index in [1.807, 2.05) is 25.6 Å². The number of carbonyl (C=O) groups is 1. The second-order valence-electron chi connectivity index (χ2n) is 5.72. The Hall–Kier alpha value is -0.220. The fourth-order valence-corrected chi connectivity index (χ4v) is 3.66. The largest absolute Gasteiger partial charge is 0.465 e. The summed E-state index contributed by atoms with van der Waals surface area (Å²) in [5.74, 6) is -0.139. The van der Waals surface area contributed by atoms with Crippen LogP contribution in [0.25, 0.3) is 0 Å². The molecule has 0 heterocycles. The van der Waals surface area contributed by atoms with Gasteiger partial charge in [-0.3, -0.25) is 10.1 Å². The smallest absolute Gasteiger partial charge is 0.326 e. The molecule has 0 spiro atoms. The number of nitrogens with one attached hydrogen (secondary N) is 1. The molecule has 0 saturated carbocycles. The summed E-state index contributed by atoms with van der Waals surface area (Å²) >= 11 is 1.94. The van der Waals surface area contributed by atoms with Gasteiger partial charge in [0.2, 0.25) is 0 Å². The van der Waals surface area contributed by atoms with Crippen LogP contribution in [0.1, 0.15) is 61.3 Å². The SMILES string of the molecule is CCOC(=O)C(C)(CC(C)SC(C)CC)NC(C)C. The lowest BCUT2D eigenvalue weighted by Crippen LogP contribution is -2.54. The van der Waals surface area contributed by atoms with Gasteiger partial charge in [-0.05, 0) is 40.5 Å². The summed E-state index contributed by atoms with van der Waals surface area (Å²) in [6, 6.07) is 0.259. The van der Waals surface area contributed by atoms with Crippen molar-refractivity contribution in [2.24, 2.45) is 0 Å². The average Bonchev–Trinajstić information content (AvgIpc) is 2.27. The Balaban J connectivity index is 4.70. The van der Waals surface area contributed by atoms with E-state index in [0.29, 0.717) is 17.1 Å². The number of ether oxygens (including phenoxy) is 1. The van der Waals surface area contributed by atoms with Crippen LogP contribution >= 0.6 is 11.8 Å². The molecule has 0 aromatic rings. The van der Waals surface area contributed by atoms with Crippen molar-refractivity contribution in [3.8, 4) is 0 Å². The van der Waals surface area contributed by atoms with E-state index < -0.39 is 5.54 Å². The van der Waals surface area contributed by atoms with Crippen molar-refractivity contribution in [2.45, 2.75) is 83.4 Å². The summed E-state index contributed by atoms with van der Waals surface area (Å²) in [4.78, 5) is 12.2. The number of rotatable bonds is 9. The van der Waals surface area contributed by atoms with E-state index in [2.05, 4.69) is 39.9 Å². The molecule has 19 heavy (non-hydrogen) atoms. The lowest BCUT2D eigenvalue weighted by Gasteiger charge is -2.33. The zero-order chi connectivity index (χ0) is 15.1. The third-order valence-corrected chi connectivity index (χ3v) is 4.50. The third kappa shape index (κ3) is 7.21. The summed E-state index contributed by atoms with van der Waals surface area (Å²) < 4.78 is 5.23. The van der Waals surface area contributed by atoms with Gasteiger partial charge in [0, 0.05) is 16.5 Å². The van der Waals surface area contributed by atoms with Crippen LogP contribution in [0.5, 0.6) is 0 Å². The van der Waals surface area contributed by atoms with E-state index in [1.54, 1.807) is 0 Å². The van der Waals surface area contributed by atoms with Gasteiger partial charge >= 0.3 is 5.97 Å². The molecule has 3 nitrogen and oxygen atoms in total. The number of esters is 1. The standard InChI is InChI=1S/C15H31NO2S/c1-8-12(5)19-13(6)10-15(7,16-11(3)4)14(17)18-9-2/h11-13,16H,8-10H2,1-7H3. The monoisotopic (exact) mass is 289 g/mol. The topological polar surface area (TPSA) is 38.3 Å². The molecule has 0 bridgehead atoms. The van der Waals surface area contributed by atoms with Crippen molar-refractivity contribution in [1.29, 1.82) is 0 Å². The predicted molar refractivity (Wildman–Crippen MR) is 84.7 cm³/mol. The van der Waals surface area contributed by atoms with Crippen molar-refractivity contribution >= 4 is 17.7 Å². The average molecular weight is 289 g/mol. The van der Waals surface area contributed by atoms with Gasteiger partial charge in [0.25, 0.3) is 0 Å². The van der Waals surface area contributed by atoms with Crippen LogP contribution in [-0.2, 0) is 9.53 Å². The second-order valence-corrected chi connectivity index (χ2v) is 7.60. The minimum absolute atomic E-state index is 0.139. The molecule has 1 N–H and O–H groups in total. The van der Waals surface area contributed by atoms with Crippen molar-refractivity contribution in [1.82, 2.24) is 5.32 Å². The van der Waals surface area contributed by atoms with Crippen molar-refractivity contribution in [3.05, 3.63) is 0 Å². The molecule has 0 aromatic heterocycles. The number of hydrogen-bond acceptors (Lipinski definition) is 4. The third-order valence-electron chi connectivity index (χ3n) is 3.07. The van der Waals surface area contributed by atoms with Crippen molar-refractivity contribution < 1.29 is 9.53 Å². The Morgan fingerprint density at radius 1 is 1.21 bits per heavy atom. The van der Waals surface area contributed by atoms with Gasteiger partial charge < -0.3 is 4.74 Å². The molecule has 4 heteroatoms. The summed E-state index contributed by atoms with van der Waals surface area (Å²) in [6.07, 6.45) is 1.95. The highest BCUT2D eigenvalue weighted by Gasteiger charge is 2.36. The van der Waals surface area contributed by atoms with E-state index >= 15 is 0 Å². The molecule has 3 unspecified atom stereocenters. The van der Waals surface area contributed by atoms with Crippen LogP contribution in [0.2, 0.25) is 0 Å². The molecule has 3 atom stereocenters. The first-order valence-electron chi connectivity index (χ1n) is 7.35. The first-order valence-corrected chi connectivity index (χ1v) is 8.29. The maximum Gasteiger partial charge on any atom is 0.326 e.